The van der Waals surface area contributed by atoms with E-state index in [0.29, 0.717) is 30.9 Å². The first-order chi connectivity index (χ1) is 21.5. The first kappa shape index (κ1) is 34.5. The van der Waals surface area contributed by atoms with Crippen molar-refractivity contribution in [2.45, 2.75) is 38.1 Å². The number of unbranched alkanes of at least 4 members (excludes halogenated alkanes) is 2. The van der Waals surface area contributed by atoms with Gasteiger partial charge in [0.2, 0.25) is 17.5 Å². The highest BCUT2D eigenvalue weighted by molar-refractivity contribution is 6.24. The van der Waals surface area contributed by atoms with Crippen LogP contribution in [0.2, 0.25) is 0 Å². The third-order valence-corrected chi connectivity index (χ3v) is 6.65. The number of methoxy groups -OCH3 is 1. The lowest BCUT2D eigenvalue weighted by Gasteiger charge is -2.17. The van der Waals surface area contributed by atoms with Crippen molar-refractivity contribution in [3.8, 4) is 11.5 Å². The van der Waals surface area contributed by atoms with Crippen molar-refractivity contribution in [2.24, 2.45) is 0 Å². The van der Waals surface area contributed by atoms with Gasteiger partial charge in [-0.1, -0.05) is 30.7 Å². The number of carbonyl (C=O) groups excluding carboxylic acids is 3. The van der Waals surface area contributed by atoms with Crippen molar-refractivity contribution in [1.82, 2.24) is 16.1 Å². The number of phenols is 1. The minimum absolute atomic E-state index is 0.00656. The smallest absolute Gasteiger partial charge is 0.266 e. The molecule has 0 saturated heterocycles. The highest BCUT2D eigenvalue weighted by atomic mass is 19.2. The Bertz CT molecular complexity index is 1520. The van der Waals surface area contributed by atoms with Crippen molar-refractivity contribution in [3.63, 3.8) is 0 Å². The summed E-state index contributed by atoms with van der Waals surface area (Å²) in [6.07, 6.45) is 1.79. The molecule has 1 unspecified atom stereocenters. The Morgan fingerprint density at radius 1 is 0.867 bits per heavy atom. The maximum Gasteiger partial charge on any atom is 0.266 e. The summed E-state index contributed by atoms with van der Waals surface area (Å²) in [7, 11) is 0.825. The topological polar surface area (TPSA) is 137 Å². The van der Waals surface area contributed by atoms with Crippen LogP contribution in [0.5, 0.6) is 11.5 Å². The fraction of sp³-hybridized carbons (Fsp3) is 0.258. The van der Waals surface area contributed by atoms with Crippen LogP contribution >= 0.6 is 0 Å². The number of aromatic hydroxyl groups is 1. The van der Waals surface area contributed by atoms with Gasteiger partial charge in [-0.15, -0.1) is 0 Å². The van der Waals surface area contributed by atoms with E-state index >= 15 is 0 Å². The second kappa shape index (κ2) is 16.2. The second-order valence-corrected chi connectivity index (χ2v) is 9.80. The maximum absolute atomic E-state index is 14.6. The Hall–Kier alpha value is -4.98. The Morgan fingerprint density at radius 3 is 2.07 bits per heavy atom. The quantitative estimate of drug-likeness (QED) is 0.0336. The van der Waals surface area contributed by atoms with Crippen molar-refractivity contribution >= 4 is 29.4 Å². The van der Waals surface area contributed by atoms with E-state index < -0.39 is 69.7 Å². The number of benzene rings is 3. The molecule has 0 aliphatic carbocycles. The largest absolute Gasteiger partial charge is 0.508 e. The monoisotopic (exact) mass is 635 g/mol. The number of halogens is 5. The molecule has 5 N–H and O–H groups in total. The average Bonchev–Trinajstić information content (AvgIpc) is 3.03. The molecule has 9 nitrogen and oxygen atoms in total. The molecule has 0 saturated carbocycles. The molecule has 0 fully saturated rings. The standard InChI is InChI=1S/C31H30F5N3O6/c1-45-29-27(35)25(33)22(26(34)28(29)36)16-21(18-8-10-19(32)11-9-18)30(42)37-14-4-2-3-5-24(41)38-23(31(43)39-44)15-17-6-12-20(40)13-7-17/h6-13,16,23,40,44H,2-5,14-15H2,1H3,(H,37,42)(H,38,41)(H,39,43)/b21-16-. The summed E-state index contributed by atoms with van der Waals surface area (Å²) in [4.78, 5) is 37.4. The lowest BCUT2D eigenvalue weighted by atomic mass is 10.0. The van der Waals surface area contributed by atoms with E-state index in [1.54, 1.807) is 12.1 Å². The number of hydroxylamine groups is 1. The van der Waals surface area contributed by atoms with Crippen molar-refractivity contribution in [3.05, 3.63) is 94.3 Å². The molecular weight excluding hydrogens is 605 g/mol. The number of amides is 3. The van der Waals surface area contributed by atoms with Gasteiger partial charge in [-0.3, -0.25) is 19.6 Å². The fourth-order valence-corrected chi connectivity index (χ4v) is 4.29. The van der Waals surface area contributed by atoms with E-state index in [-0.39, 0.29) is 30.7 Å². The Morgan fingerprint density at radius 2 is 1.49 bits per heavy atom. The van der Waals surface area contributed by atoms with Gasteiger partial charge in [-0.25, -0.2) is 18.7 Å². The number of ether oxygens (including phenoxy) is 1. The summed E-state index contributed by atoms with van der Waals surface area (Å²) >= 11 is 0. The van der Waals surface area contributed by atoms with Crippen LogP contribution in [-0.2, 0) is 20.8 Å². The lowest BCUT2D eigenvalue weighted by Crippen LogP contribution is -2.47. The molecule has 1 atom stereocenters. The Balaban J connectivity index is 1.60. The van der Waals surface area contributed by atoms with Crippen LogP contribution in [0.3, 0.4) is 0 Å². The van der Waals surface area contributed by atoms with Gasteiger partial charge in [0, 0.05) is 25.0 Å². The normalized spacial score (nSPS) is 11.9. The zero-order chi connectivity index (χ0) is 33.1. The highest BCUT2D eigenvalue weighted by Gasteiger charge is 2.26. The highest BCUT2D eigenvalue weighted by Crippen LogP contribution is 2.32. The van der Waals surface area contributed by atoms with E-state index in [9.17, 15) is 41.4 Å². The second-order valence-electron chi connectivity index (χ2n) is 9.80. The van der Waals surface area contributed by atoms with E-state index in [0.717, 1.165) is 31.4 Å². The van der Waals surface area contributed by atoms with E-state index in [1.807, 2.05) is 0 Å². The summed E-state index contributed by atoms with van der Waals surface area (Å²) in [6, 6.07) is 9.15. The van der Waals surface area contributed by atoms with Gasteiger partial charge >= 0.3 is 0 Å². The van der Waals surface area contributed by atoms with Crippen LogP contribution in [0.15, 0.2) is 48.5 Å². The van der Waals surface area contributed by atoms with Crippen LogP contribution in [0.1, 0.15) is 42.4 Å². The van der Waals surface area contributed by atoms with Gasteiger partial charge in [0.05, 0.1) is 12.7 Å². The van der Waals surface area contributed by atoms with Crippen LogP contribution in [0, 0.1) is 29.1 Å². The number of phenolic OH excluding ortho intramolecular Hbond substituents is 1. The fourth-order valence-electron chi connectivity index (χ4n) is 4.29. The molecule has 14 heteroatoms. The summed E-state index contributed by atoms with van der Waals surface area (Å²) in [5, 5.41) is 23.5. The van der Waals surface area contributed by atoms with Crippen molar-refractivity contribution in [1.29, 1.82) is 0 Å². The number of hydrogen-bond donors (Lipinski definition) is 5. The number of carbonyl (C=O) groups is 3. The van der Waals surface area contributed by atoms with E-state index in [4.69, 9.17) is 5.21 Å². The molecule has 0 aromatic heterocycles. The molecule has 0 aliphatic rings. The van der Waals surface area contributed by atoms with Crippen LogP contribution in [0.25, 0.3) is 11.6 Å². The number of hydrogen-bond acceptors (Lipinski definition) is 6. The van der Waals surface area contributed by atoms with Crippen LogP contribution < -0.4 is 20.9 Å². The molecule has 0 heterocycles. The van der Waals surface area contributed by atoms with Gasteiger partial charge < -0.3 is 20.5 Å². The molecule has 3 amide bonds. The molecule has 0 aliphatic heterocycles. The summed E-state index contributed by atoms with van der Waals surface area (Å²) in [6.45, 7) is 0.0334. The SMILES string of the molecule is COc1c(F)c(F)c(/C=C(\C(=O)NCCCCCC(=O)NC(Cc2ccc(O)cc2)C(=O)NO)c2ccc(F)cc2)c(F)c1F. The molecule has 3 rings (SSSR count). The van der Waals surface area contributed by atoms with Crippen LogP contribution in [-0.4, -0.2) is 47.7 Å². The maximum atomic E-state index is 14.6. The summed E-state index contributed by atoms with van der Waals surface area (Å²) in [5.74, 6) is -11.3. The first-order valence-electron chi connectivity index (χ1n) is 13.6. The Kier molecular flexibility index (Phi) is 12.4. The summed E-state index contributed by atoms with van der Waals surface area (Å²) in [5.41, 5.74) is 0.554. The molecule has 0 radical (unpaired) electrons. The molecule has 240 valence electrons. The molecule has 45 heavy (non-hydrogen) atoms. The van der Waals surface area contributed by atoms with Gasteiger partial charge in [0.25, 0.3) is 11.8 Å². The molecule has 3 aromatic rings. The number of nitrogens with one attached hydrogen (secondary N) is 3. The Labute approximate surface area is 254 Å². The zero-order valence-electron chi connectivity index (χ0n) is 23.9. The average molecular weight is 636 g/mol. The van der Waals surface area contributed by atoms with Gasteiger partial charge in [-0.05, 0) is 54.3 Å². The first-order valence-corrected chi connectivity index (χ1v) is 13.6. The molecule has 0 bridgehead atoms. The minimum atomic E-state index is -1.80. The van der Waals surface area contributed by atoms with E-state index in [2.05, 4.69) is 15.4 Å². The third kappa shape index (κ3) is 9.25. The van der Waals surface area contributed by atoms with Crippen molar-refractivity contribution in [2.75, 3.05) is 13.7 Å². The van der Waals surface area contributed by atoms with Crippen molar-refractivity contribution < 1.29 is 51.4 Å². The van der Waals surface area contributed by atoms with Crippen LogP contribution in [0.4, 0.5) is 22.0 Å². The van der Waals surface area contributed by atoms with Gasteiger partial charge in [0.1, 0.15) is 17.6 Å². The molecular formula is C31H30F5N3O6. The summed E-state index contributed by atoms with van der Waals surface area (Å²) < 4.78 is 75.7. The van der Waals surface area contributed by atoms with Gasteiger partial charge in [-0.2, -0.15) is 8.78 Å². The predicted molar refractivity (Wildman–Crippen MR) is 152 cm³/mol. The molecule has 3 aromatic carbocycles. The lowest BCUT2D eigenvalue weighted by molar-refractivity contribution is -0.134. The molecule has 0 spiro atoms. The third-order valence-electron chi connectivity index (χ3n) is 6.65. The number of rotatable bonds is 14. The van der Waals surface area contributed by atoms with E-state index in [1.165, 1.54) is 17.6 Å². The van der Waals surface area contributed by atoms with Gasteiger partial charge in [0.15, 0.2) is 17.4 Å². The minimum Gasteiger partial charge on any atom is -0.508 e. The zero-order valence-corrected chi connectivity index (χ0v) is 23.9. The predicted octanol–water partition coefficient (Wildman–Crippen LogP) is 4.55.